The summed E-state index contributed by atoms with van der Waals surface area (Å²) in [6.45, 7) is 2.57. The van der Waals surface area contributed by atoms with Gasteiger partial charge in [-0.2, -0.15) is 0 Å². The van der Waals surface area contributed by atoms with E-state index in [4.69, 9.17) is 4.74 Å². The molecule has 2 atom stereocenters. The number of halogens is 1. The third-order valence-electron chi connectivity index (χ3n) is 7.16. The number of carbonyl (C=O) groups is 3. The Labute approximate surface area is 207 Å². The fourth-order valence-corrected chi connectivity index (χ4v) is 5.35. The summed E-state index contributed by atoms with van der Waals surface area (Å²) in [4.78, 5) is 44.8. The molecule has 2 unspecified atom stereocenters. The maximum Gasteiger partial charge on any atom is 0.255 e. The van der Waals surface area contributed by atoms with Gasteiger partial charge >= 0.3 is 0 Å². The van der Waals surface area contributed by atoms with Gasteiger partial charge in [0.2, 0.25) is 11.8 Å². The first-order chi connectivity index (χ1) is 17.4. The molecule has 4 heterocycles. The molecule has 0 bridgehead atoms. The smallest absolute Gasteiger partial charge is 0.255 e. The molecular weight excluding hydrogens is 463 g/mol. The lowest BCUT2D eigenvalue weighted by atomic mass is 10.0. The average Bonchev–Trinajstić information content (AvgIpc) is 3.43. The number of amides is 3. The summed E-state index contributed by atoms with van der Waals surface area (Å²) >= 11 is 0. The van der Waals surface area contributed by atoms with Gasteiger partial charge in [-0.3, -0.25) is 29.6 Å². The quantitative estimate of drug-likeness (QED) is 0.556. The highest BCUT2D eigenvalue weighted by Gasteiger charge is 2.39. The fraction of sp³-hybridized carbons (Fsp3) is 0.333. The average molecular weight is 489 g/mol. The van der Waals surface area contributed by atoms with E-state index in [1.807, 2.05) is 12.1 Å². The molecule has 0 spiro atoms. The van der Waals surface area contributed by atoms with E-state index in [2.05, 4.69) is 15.2 Å². The first kappa shape index (κ1) is 22.6. The Morgan fingerprint density at radius 2 is 2.00 bits per heavy atom. The zero-order chi connectivity index (χ0) is 24.8. The minimum atomic E-state index is -0.631. The van der Waals surface area contributed by atoms with Crippen molar-refractivity contribution in [2.75, 3.05) is 13.1 Å². The maximum atomic E-state index is 14.1. The van der Waals surface area contributed by atoms with Gasteiger partial charge in [-0.1, -0.05) is 6.07 Å². The molecule has 3 aliphatic heterocycles. The van der Waals surface area contributed by atoms with E-state index in [9.17, 15) is 18.8 Å². The summed E-state index contributed by atoms with van der Waals surface area (Å²) in [5.41, 5.74) is 2.99. The lowest BCUT2D eigenvalue weighted by molar-refractivity contribution is -0.136. The van der Waals surface area contributed by atoms with E-state index in [0.29, 0.717) is 41.7 Å². The Morgan fingerprint density at radius 1 is 1.11 bits per heavy atom. The largest absolute Gasteiger partial charge is 0.489 e. The molecule has 9 heteroatoms. The van der Waals surface area contributed by atoms with E-state index in [0.717, 1.165) is 30.6 Å². The Morgan fingerprint density at radius 3 is 2.86 bits per heavy atom. The van der Waals surface area contributed by atoms with Gasteiger partial charge in [-0.15, -0.1) is 0 Å². The van der Waals surface area contributed by atoms with Crippen molar-refractivity contribution in [1.82, 2.24) is 20.1 Å². The van der Waals surface area contributed by atoms with Gasteiger partial charge in [-0.05, 0) is 60.4 Å². The van der Waals surface area contributed by atoms with Crippen LogP contribution in [-0.2, 0) is 22.7 Å². The van der Waals surface area contributed by atoms with Gasteiger partial charge in [0.15, 0.2) is 0 Å². The van der Waals surface area contributed by atoms with E-state index in [1.165, 1.54) is 11.0 Å². The molecule has 3 aliphatic rings. The number of nitrogens with one attached hydrogen (secondary N) is 1. The predicted molar refractivity (Wildman–Crippen MR) is 128 cm³/mol. The molecule has 1 aromatic heterocycles. The van der Waals surface area contributed by atoms with Crippen molar-refractivity contribution >= 4 is 28.6 Å². The summed E-state index contributed by atoms with van der Waals surface area (Å²) in [6.07, 6.45) is 3.21. The first-order valence-corrected chi connectivity index (χ1v) is 12.1. The van der Waals surface area contributed by atoms with Crippen molar-refractivity contribution in [2.45, 2.75) is 44.5 Å². The van der Waals surface area contributed by atoms with Gasteiger partial charge in [0.1, 0.15) is 23.7 Å². The molecule has 2 saturated heterocycles. The summed E-state index contributed by atoms with van der Waals surface area (Å²) in [5.74, 6) is -0.493. The zero-order valence-corrected chi connectivity index (χ0v) is 19.6. The van der Waals surface area contributed by atoms with E-state index >= 15 is 0 Å². The first-order valence-electron chi connectivity index (χ1n) is 12.1. The number of hydrogen-bond donors (Lipinski definition) is 1. The molecular formula is C27H25FN4O4. The minimum Gasteiger partial charge on any atom is -0.489 e. The molecule has 0 saturated carbocycles. The SMILES string of the molecule is O=C1CCC(N2Cc3cc(OC4CCN(Cc5cnc6cccc(F)c6c5)C4)ccc3C2=O)C(=O)N1. The van der Waals surface area contributed by atoms with Crippen LogP contribution in [0.1, 0.15) is 40.7 Å². The summed E-state index contributed by atoms with van der Waals surface area (Å²) in [5, 5.41) is 2.85. The number of pyridine rings is 1. The predicted octanol–water partition coefficient (Wildman–Crippen LogP) is 2.79. The number of likely N-dealkylation sites (tertiary alicyclic amines) is 1. The highest BCUT2D eigenvalue weighted by atomic mass is 19.1. The second-order valence-electron chi connectivity index (χ2n) is 9.63. The second-order valence-corrected chi connectivity index (χ2v) is 9.63. The van der Waals surface area contributed by atoms with Crippen LogP contribution < -0.4 is 10.1 Å². The van der Waals surface area contributed by atoms with Gasteiger partial charge < -0.3 is 9.64 Å². The molecule has 6 rings (SSSR count). The van der Waals surface area contributed by atoms with Crippen LogP contribution in [0.15, 0.2) is 48.7 Å². The van der Waals surface area contributed by atoms with Crippen LogP contribution in [0.2, 0.25) is 0 Å². The molecule has 36 heavy (non-hydrogen) atoms. The number of benzene rings is 2. The van der Waals surface area contributed by atoms with E-state index < -0.39 is 11.9 Å². The Balaban J connectivity index is 1.09. The van der Waals surface area contributed by atoms with Crippen LogP contribution in [0.4, 0.5) is 4.39 Å². The molecule has 184 valence electrons. The van der Waals surface area contributed by atoms with Gasteiger partial charge in [0, 0.05) is 49.7 Å². The molecule has 2 aromatic carbocycles. The number of piperidine rings is 1. The molecule has 3 amide bonds. The zero-order valence-electron chi connectivity index (χ0n) is 19.6. The topological polar surface area (TPSA) is 91.8 Å². The van der Waals surface area contributed by atoms with Gasteiger partial charge in [0.25, 0.3) is 5.91 Å². The van der Waals surface area contributed by atoms with Crippen molar-refractivity contribution < 1.29 is 23.5 Å². The lowest BCUT2D eigenvalue weighted by Crippen LogP contribution is -2.52. The number of rotatable bonds is 5. The number of carbonyl (C=O) groups excluding carboxylic acids is 3. The standard InChI is InChI=1S/C27H25FN4O4/c28-22-2-1-3-23-21(22)10-16(12-29-23)13-31-9-8-19(15-31)36-18-4-5-20-17(11-18)14-32(27(20)35)24-6-7-25(33)30-26(24)34/h1-5,10-12,19,24H,6-9,13-15H2,(H,30,33,34). The molecule has 0 aliphatic carbocycles. The third-order valence-corrected chi connectivity index (χ3v) is 7.16. The molecule has 2 fully saturated rings. The number of ether oxygens (including phenoxy) is 1. The van der Waals surface area contributed by atoms with Crippen LogP contribution in [-0.4, -0.2) is 57.7 Å². The van der Waals surface area contributed by atoms with E-state index in [1.54, 1.807) is 30.5 Å². The van der Waals surface area contributed by atoms with E-state index in [-0.39, 0.29) is 30.2 Å². The van der Waals surface area contributed by atoms with Crippen LogP contribution in [0.5, 0.6) is 5.75 Å². The van der Waals surface area contributed by atoms with Crippen LogP contribution in [0, 0.1) is 5.82 Å². The second kappa shape index (κ2) is 8.98. The number of hydrogen-bond acceptors (Lipinski definition) is 6. The summed E-state index contributed by atoms with van der Waals surface area (Å²) < 4.78 is 20.4. The van der Waals surface area contributed by atoms with Crippen molar-refractivity contribution in [1.29, 1.82) is 0 Å². The minimum absolute atomic E-state index is 0.00320. The normalized spacial score (nSPS) is 22.2. The van der Waals surface area contributed by atoms with Crippen LogP contribution >= 0.6 is 0 Å². The van der Waals surface area contributed by atoms with Crippen LogP contribution in [0.25, 0.3) is 10.9 Å². The summed E-state index contributed by atoms with van der Waals surface area (Å²) in [7, 11) is 0. The number of nitrogens with zero attached hydrogens (tertiary/aromatic N) is 3. The Bertz CT molecular complexity index is 1390. The molecule has 0 radical (unpaired) electrons. The number of imide groups is 1. The monoisotopic (exact) mass is 488 g/mol. The number of aromatic nitrogens is 1. The maximum absolute atomic E-state index is 14.1. The molecule has 8 nitrogen and oxygen atoms in total. The van der Waals surface area contributed by atoms with Crippen molar-refractivity contribution in [2.24, 2.45) is 0 Å². The van der Waals surface area contributed by atoms with Gasteiger partial charge in [0.05, 0.1) is 5.52 Å². The Kier molecular flexibility index (Phi) is 5.64. The summed E-state index contributed by atoms with van der Waals surface area (Å²) in [6, 6.07) is 11.6. The highest BCUT2D eigenvalue weighted by molar-refractivity contribution is 6.05. The van der Waals surface area contributed by atoms with Crippen molar-refractivity contribution in [3.8, 4) is 5.75 Å². The Hall–Kier alpha value is -3.85. The lowest BCUT2D eigenvalue weighted by Gasteiger charge is -2.29. The highest BCUT2D eigenvalue weighted by Crippen LogP contribution is 2.31. The molecule has 1 N–H and O–H groups in total. The molecule has 3 aromatic rings. The third kappa shape index (κ3) is 4.19. The van der Waals surface area contributed by atoms with Crippen molar-refractivity contribution in [3.63, 3.8) is 0 Å². The fourth-order valence-electron chi connectivity index (χ4n) is 5.35. The van der Waals surface area contributed by atoms with Gasteiger partial charge in [-0.25, -0.2) is 4.39 Å². The number of fused-ring (bicyclic) bond motifs is 2. The van der Waals surface area contributed by atoms with Crippen molar-refractivity contribution in [3.05, 3.63) is 71.2 Å². The van der Waals surface area contributed by atoms with Crippen LogP contribution in [0.3, 0.4) is 0 Å².